The number of hydrogen-bond acceptors (Lipinski definition) is 6. The molecule has 1 aromatic carbocycles. The summed E-state index contributed by atoms with van der Waals surface area (Å²) in [5.41, 5.74) is -0.754. The van der Waals surface area contributed by atoms with Gasteiger partial charge in [0.2, 0.25) is 5.91 Å². The van der Waals surface area contributed by atoms with Gasteiger partial charge in [-0.15, -0.1) is 0 Å². The lowest BCUT2D eigenvalue weighted by Crippen LogP contribution is -2.53. The Balaban J connectivity index is 2.59. The minimum Gasteiger partial charge on any atom is -0.491 e. The summed E-state index contributed by atoms with van der Waals surface area (Å²) < 4.78 is 10.6. The molecule has 1 aromatic rings. The first-order valence-corrected chi connectivity index (χ1v) is 8.92. The van der Waals surface area contributed by atoms with Crippen molar-refractivity contribution in [3.8, 4) is 17.9 Å². The van der Waals surface area contributed by atoms with Crippen molar-refractivity contribution in [2.24, 2.45) is 5.92 Å². The van der Waals surface area contributed by atoms with E-state index in [1.165, 1.54) is 13.8 Å². The molecule has 150 valence electrons. The molecular formula is C20H26N4O4. The number of hydrogen-bond donors (Lipinski definition) is 2. The van der Waals surface area contributed by atoms with Crippen LogP contribution in [0, 0.1) is 28.6 Å². The minimum atomic E-state index is -1.29. The molecule has 0 heterocycles. The van der Waals surface area contributed by atoms with Crippen LogP contribution in [0.3, 0.4) is 0 Å². The highest BCUT2D eigenvalue weighted by Gasteiger charge is 2.29. The number of rotatable bonds is 8. The van der Waals surface area contributed by atoms with E-state index in [9.17, 15) is 9.59 Å². The summed E-state index contributed by atoms with van der Waals surface area (Å²) in [4.78, 5) is 24.5. The van der Waals surface area contributed by atoms with Crippen molar-refractivity contribution in [1.82, 2.24) is 10.6 Å². The molecule has 0 aliphatic carbocycles. The van der Waals surface area contributed by atoms with E-state index in [4.69, 9.17) is 20.0 Å². The van der Waals surface area contributed by atoms with Crippen LogP contribution in [-0.4, -0.2) is 36.3 Å². The second-order valence-corrected chi connectivity index (χ2v) is 7.23. The van der Waals surface area contributed by atoms with Crippen molar-refractivity contribution in [3.05, 3.63) is 29.8 Å². The van der Waals surface area contributed by atoms with Gasteiger partial charge in [-0.2, -0.15) is 10.5 Å². The highest BCUT2D eigenvalue weighted by molar-refractivity contribution is 5.86. The van der Waals surface area contributed by atoms with Gasteiger partial charge in [-0.1, -0.05) is 13.8 Å². The molecule has 0 fully saturated rings. The van der Waals surface area contributed by atoms with Crippen LogP contribution in [0.1, 0.15) is 40.2 Å². The summed E-state index contributed by atoms with van der Waals surface area (Å²) in [6.45, 7) is 8.49. The van der Waals surface area contributed by atoms with Crippen molar-refractivity contribution in [1.29, 1.82) is 10.5 Å². The number of benzene rings is 1. The first-order valence-electron chi connectivity index (χ1n) is 8.92. The van der Waals surface area contributed by atoms with Gasteiger partial charge in [-0.3, -0.25) is 4.79 Å². The summed E-state index contributed by atoms with van der Waals surface area (Å²) >= 11 is 0. The maximum atomic E-state index is 12.5. The SMILES string of the molecule is CC(COc1ccc(C#N)cc1)NC(=O)[C@@H](NC(=O)OC(C)(C)C#N)C(C)C. The Kier molecular flexibility index (Phi) is 8.28. The predicted octanol–water partition coefficient (Wildman–Crippen LogP) is 2.49. The largest absolute Gasteiger partial charge is 0.491 e. The third-order valence-corrected chi connectivity index (χ3v) is 3.71. The van der Waals surface area contributed by atoms with E-state index in [-0.39, 0.29) is 24.5 Å². The van der Waals surface area contributed by atoms with Gasteiger partial charge in [-0.05, 0) is 51.0 Å². The molecule has 28 heavy (non-hydrogen) atoms. The molecule has 0 saturated heterocycles. The van der Waals surface area contributed by atoms with Gasteiger partial charge in [0, 0.05) is 0 Å². The van der Waals surface area contributed by atoms with Crippen LogP contribution in [-0.2, 0) is 9.53 Å². The Morgan fingerprint density at radius 2 is 1.71 bits per heavy atom. The zero-order valence-corrected chi connectivity index (χ0v) is 16.8. The third kappa shape index (κ3) is 7.55. The Labute approximate surface area is 165 Å². The first-order chi connectivity index (χ1) is 13.1. The molecule has 8 heteroatoms. The number of nitrogens with one attached hydrogen (secondary N) is 2. The average molecular weight is 386 g/mol. The quantitative estimate of drug-likeness (QED) is 0.707. The molecule has 0 saturated carbocycles. The van der Waals surface area contributed by atoms with Crippen LogP contribution >= 0.6 is 0 Å². The summed E-state index contributed by atoms with van der Waals surface area (Å²) in [6.07, 6.45) is -0.832. The fraction of sp³-hybridized carbons (Fsp3) is 0.500. The molecule has 2 N–H and O–H groups in total. The number of amides is 2. The van der Waals surface area contributed by atoms with Crippen molar-refractivity contribution >= 4 is 12.0 Å². The van der Waals surface area contributed by atoms with E-state index in [1.807, 2.05) is 12.1 Å². The molecule has 2 amide bonds. The van der Waals surface area contributed by atoms with Crippen LogP contribution in [0.4, 0.5) is 4.79 Å². The fourth-order valence-electron chi connectivity index (χ4n) is 2.17. The standard InChI is InChI=1S/C20H26N4O4/c1-13(2)17(24-19(26)28-20(4,5)12-22)18(25)23-14(3)11-27-16-8-6-15(10-21)7-9-16/h6-9,13-14,17H,11H2,1-5H3,(H,23,25)(H,24,26)/t14?,17-/m0/s1. The summed E-state index contributed by atoms with van der Waals surface area (Å²) in [6, 6.07) is 9.39. The normalized spacial score (nSPS) is 12.9. The smallest absolute Gasteiger partial charge is 0.409 e. The van der Waals surface area contributed by atoms with Crippen LogP contribution in [0.25, 0.3) is 0 Å². The van der Waals surface area contributed by atoms with Gasteiger partial charge >= 0.3 is 6.09 Å². The van der Waals surface area contributed by atoms with E-state index >= 15 is 0 Å². The number of carbonyl (C=O) groups is 2. The van der Waals surface area contributed by atoms with Crippen LogP contribution < -0.4 is 15.4 Å². The van der Waals surface area contributed by atoms with E-state index in [0.29, 0.717) is 11.3 Å². The molecule has 0 bridgehead atoms. The average Bonchev–Trinajstić information content (AvgIpc) is 2.64. The number of alkyl carbamates (subject to hydrolysis) is 1. The minimum absolute atomic E-state index is 0.190. The molecule has 0 aliphatic rings. The van der Waals surface area contributed by atoms with E-state index in [1.54, 1.807) is 45.0 Å². The van der Waals surface area contributed by atoms with Crippen molar-refractivity contribution < 1.29 is 19.1 Å². The highest BCUT2D eigenvalue weighted by atomic mass is 16.6. The summed E-state index contributed by atoms with van der Waals surface area (Å²) in [5.74, 6) is 0.0166. The van der Waals surface area contributed by atoms with Crippen LogP contribution in [0.2, 0.25) is 0 Å². The number of nitriles is 2. The molecule has 8 nitrogen and oxygen atoms in total. The van der Waals surface area contributed by atoms with Gasteiger partial charge in [0.25, 0.3) is 0 Å². The second-order valence-electron chi connectivity index (χ2n) is 7.23. The van der Waals surface area contributed by atoms with Crippen molar-refractivity contribution in [2.75, 3.05) is 6.61 Å². The summed E-state index contributed by atoms with van der Waals surface area (Å²) in [7, 11) is 0. The van der Waals surface area contributed by atoms with Crippen LogP contribution in [0.5, 0.6) is 5.75 Å². The molecule has 0 aliphatic heterocycles. The third-order valence-electron chi connectivity index (χ3n) is 3.71. The number of carbonyl (C=O) groups excluding carboxylic acids is 2. The Hall–Kier alpha value is -3.26. The first kappa shape index (κ1) is 22.8. The van der Waals surface area contributed by atoms with Gasteiger partial charge in [0.1, 0.15) is 24.5 Å². The zero-order valence-electron chi connectivity index (χ0n) is 16.8. The lowest BCUT2D eigenvalue weighted by Gasteiger charge is -2.25. The molecule has 0 radical (unpaired) electrons. The molecule has 1 rings (SSSR count). The maximum absolute atomic E-state index is 12.5. The topological polar surface area (TPSA) is 124 Å². The molecule has 0 spiro atoms. The van der Waals surface area contributed by atoms with Crippen molar-refractivity contribution in [3.63, 3.8) is 0 Å². The van der Waals surface area contributed by atoms with Crippen LogP contribution in [0.15, 0.2) is 24.3 Å². The Morgan fingerprint density at radius 3 is 2.21 bits per heavy atom. The molecule has 0 aromatic heterocycles. The zero-order chi connectivity index (χ0) is 21.3. The number of ether oxygens (including phenoxy) is 2. The van der Waals surface area contributed by atoms with Gasteiger partial charge in [-0.25, -0.2) is 4.79 Å². The van der Waals surface area contributed by atoms with Gasteiger partial charge in [0.05, 0.1) is 17.7 Å². The Morgan fingerprint density at radius 1 is 1.11 bits per heavy atom. The van der Waals surface area contributed by atoms with Gasteiger partial charge < -0.3 is 20.1 Å². The second kappa shape index (κ2) is 10.2. The molecule has 2 atom stereocenters. The Bertz CT molecular complexity index is 760. The number of nitrogens with zero attached hydrogens (tertiary/aromatic N) is 2. The summed E-state index contributed by atoms with van der Waals surface area (Å²) in [5, 5.41) is 23.0. The fourth-order valence-corrected chi connectivity index (χ4v) is 2.17. The predicted molar refractivity (Wildman–Crippen MR) is 102 cm³/mol. The van der Waals surface area contributed by atoms with Crippen molar-refractivity contribution in [2.45, 2.75) is 52.3 Å². The highest BCUT2D eigenvalue weighted by Crippen LogP contribution is 2.12. The lowest BCUT2D eigenvalue weighted by molar-refractivity contribution is -0.125. The molecular weight excluding hydrogens is 360 g/mol. The maximum Gasteiger partial charge on any atom is 0.409 e. The molecule has 1 unspecified atom stereocenters. The lowest BCUT2D eigenvalue weighted by atomic mass is 10.0. The monoisotopic (exact) mass is 386 g/mol. The van der Waals surface area contributed by atoms with E-state index in [0.717, 1.165) is 0 Å². The van der Waals surface area contributed by atoms with E-state index < -0.39 is 17.7 Å². The van der Waals surface area contributed by atoms with Gasteiger partial charge in [0.15, 0.2) is 5.60 Å². The van der Waals surface area contributed by atoms with E-state index in [2.05, 4.69) is 10.6 Å².